The Bertz CT molecular complexity index is 582. The number of amides is 1. The number of hydrogen-bond acceptors (Lipinski definition) is 4. The van der Waals surface area contributed by atoms with Gasteiger partial charge in [0.2, 0.25) is 0 Å². The number of carbonyl (C=O) groups excluding carboxylic acids is 1. The Morgan fingerprint density at radius 1 is 1.26 bits per heavy atom. The number of ether oxygens (including phenoxy) is 2. The van der Waals surface area contributed by atoms with Gasteiger partial charge in [-0.25, -0.2) is 4.79 Å². The number of rotatable bonds is 10. The van der Waals surface area contributed by atoms with E-state index in [1.165, 1.54) is 0 Å². The number of nitrogens with one attached hydrogen (secondary N) is 1. The van der Waals surface area contributed by atoms with Crippen LogP contribution < -0.4 is 5.32 Å². The molecule has 0 radical (unpaired) electrons. The van der Waals surface area contributed by atoms with Crippen LogP contribution in [0.2, 0.25) is 18.1 Å². The first kappa shape index (κ1) is 21.9. The molecule has 5 nitrogen and oxygen atoms in total. The zero-order valence-electron chi connectivity index (χ0n) is 17.4. The normalized spacial score (nSPS) is 18.0. The Balaban J connectivity index is 1.66. The van der Waals surface area contributed by atoms with Crippen LogP contribution in [0.5, 0.6) is 0 Å². The molecule has 27 heavy (non-hydrogen) atoms. The molecule has 1 heterocycles. The maximum Gasteiger partial charge on any atom is 0.407 e. The molecule has 1 aromatic carbocycles. The van der Waals surface area contributed by atoms with E-state index in [4.69, 9.17) is 13.9 Å². The highest BCUT2D eigenvalue weighted by Gasteiger charge is 2.37. The summed E-state index contributed by atoms with van der Waals surface area (Å²) in [6.07, 6.45) is 2.62. The molecule has 1 N–H and O–H groups in total. The summed E-state index contributed by atoms with van der Waals surface area (Å²) in [7, 11) is -1.68. The topological polar surface area (TPSA) is 60.1 Å². The van der Waals surface area contributed by atoms with Crippen molar-refractivity contribution in [2.45, 2.75) is 76.9 Å². The summed E-state index contributed by atoms with van der Waals surface area (Å²) >= 11 is 0. The molecular weight excluding hydrogens is 358 g/mol. The van der Waals surface area contributed by atoms with Crippen molar-refractivity contribution in [3.63, 3.8) is 0 Å². The fourth-order valence-electron chi connectivity index (χ4n) is 2.57. The van der Waals surface area contributed by atoms with Crippen molar-refractivity contribution in [3.8, 4) is 0 Å². The van der Waals surface area contributed by atoms with Gasteiger partial charge >= 0.3 is 6.09 Å². The third-order valence-electron chi connectivity index (χ3n) is 5.50. The Kier molecular flexibility index (Phi) is 7.88. The largest absolute Gasteiger partial charge is 0.445 e. The van der Waals surface area contributed by atoms with Crippen molar-refractivity contribution in [3.05, 3.63) is 35.9 Å². The standard InChI is InChI=1S/C21H35NO4Si/c1-21(2,3)27(4,5)26-14-10-9-13-18(19-16-24-19)22-20(23)25-15-17-11-7-6-8-12-17/h6-8,11-12,18-19H,9-10,13-16H2,1-5H3,(H,22,23)/t18-,19-/m0/s1. The van der Waals surface area contributed by atoms with E-state index in [0.717, 1.165) is 31.4 Å². The molecule has 1 aliphatic heterocycles. The van der Waals surface area contributed by atoms with Crippen molar-refractivity contribution in [1.82, 2.24) is 5.32 Å². The highest BCUT2D eigenvalue weighted by molar-refractivity contribution is 6.74. The second-order valence-electron chi connectivity index (χ2n) is 8.79. The van der Waals surface area contributed by atoms with Gasteiger partial charge in [0.1, 0.15) is 12.7 Å². The average molecular weight is 394 g/mol. The maximum atomic E-state index is 12.1. The molecule has 0 saturated carbocycles. The number of alkyl carbamates (subject to hydrolysis) is 1. The first-order chi connectivity index (χ1) is 12.7. The summed E-state index contributed by atoms with van der Waals surface area (Å²) in [6.45, 7) is 13.1. The van der Waals surface area contributed by atoms with Crippen LogP contribution in [0.15, 0.2) is 30.3 Å². The highest BCUT2D eigenvalue weighted by atomic mass is 28.4. The van der Waals surface area contributed by atoms with Crippen LogP contribution in [0, 0.1) is 0 Å². The number of hydrogen-bond donors (Lipinski definition) is 1. The minimum Gasteiger partial charge on any atom is -0.445 e. The number of epoxide rings is 1. The van der Waals surface area contributed by atoms with Crippen LogP contribution in [0.1, 0.15) is 45.6 Å². The zero-order valence-corrected chi connectivity index (χ0v) is 18.4. The second kappa shape index (κ2) is 9.71. The summed E-state index contributed by atoms with van der Waals surface area (Å²) in [6, 6.07) is 9.71. The van der Waals surface area contributed by atoms with E-state index in [-0.39, 0.29) is 29.9 Å². The lowest BCUT2D eigenvalue weighted by Crippen LogP contribution is -2.41. The fraction of sp³-hybridized carbons (Fsp3) is 0.667. The van der Waals surface area contributed by atoms with E-state index in [1.54, 1.807) is 0 Å². The Morgan fingerprint density at radius 3 is 2.52 bits per heavy atom. The average Bonchev–Trinajstić information content (AvgIpc) is 3.43. The van der Waals surface area contributed by atoms with Gasteiger partial charge in [0, 0.05) is 6.61 Å². The third-order valence-corrected chi connectivity index (χ3v) is 10.0. The van der Waals surface area contributed by atoms with Crippen molar-refractivity contribution >= 4 is 14.4 Å². The summed E-state index contributed by atoms with van der Waals surface area (Å²) in [4.78, 5) is 12.1. The van der Waals surface area contributed by atoms with Gasteiger partial charge in [-0.1, -0.05) is 51.1 Å². The quantitative estimate of drug-likeness (QED) is 0.350. The van der Waals surface area contributed by atoms with Gasteiger partial charge in [-0.05, 0) is 43.0 Å². The summed E-state index contributed by atoms with van der Waals surface area (Å²) in [5.41, 5.74) is 0.981. The maximum absolute atomic E-state index is 12.1. The predicted molar refractivity (Wildman–Crippen MR) is 110 cm³/mol. The Hall–Kier alpha value is -1.37. The molecule has 0 aliphatic carbocycles. The lowest BCUT2D eigenvalue weighted by atomic mass is 10.1. The molecule has 2 rings (SSSR count). The van der Waals surface area contributed by atoms with Gasteiger partial charge in [-0.2, -0.15) is 0 Å². The number of unbranched alkanes of at least 4 members (excludes halogenated alkanes) is 1. The van der Waals surface area contributed by atoms with Gasteiger partial charge < -0.3 is 19.2 Å². The van der Waals surface area contributed by atoms with Crippen LogP contribution >= 0.6 is 0 Å². The van der Waals surface area contributed by atoms with E-state index in [1.807, 2.05) is 30.3 Å². The molecule has 1 aromatic rings. The van der Waals surface area contributed by atoms with Gasteiger partial charge in [0.05, 0.1) is 12.6 Å². The molecule has 2 atom stereocenters. The fourth-order valence-corrected chi connectivity index (χ4v) is 3.65. The van der Waals surface area contributed by atoms with Crippen molar-refractivity contribution in [2.75, 3.05) is 13.2 Å². The summed E-state index contributed by atoms with van der Waals surface area (Å²) in [5.74, 6) is 0. The van der Waals surface area contributed by atoms with Crippen molar-refractivity contribution < 1.29 is 18.7 Å². The summed E-state index contributed by atoms with van der Waals surface area (Å²) < 4.78 is 16.9. The van der Waals surface area contributed by atoms with E-state index in [0.29, 0.717) is 6.61 Å². The highest BCUT2D eigenvalue weighted by Crippen LogP contribution is 2.36. The summed E-state index contributed by atoms with van der Waals surface area (Å²) in [5, 5.41) is 3.20. The van der Waals surface area contributed by atoms with Gasteiger partial charge in [-0.3, -0.25) is 0 Å². The first-order valence-corrected chi connectivity index (χ1v) is 12.8. The van der Waals surface area contributed by atoms with Crippen LogP contribution in [0.4, 0.5) is 4.79 Å². The molecular formula is C21H35NO4Si. The molecule has 0 bridgehead atoms. The van der Waals surface area contributed by atoms with Crippen LogP contribution in [0.25, 0.3) is 0 Å². The zero-order chi connectivity index (χ0) is 19.9. The Morgan fingerprint density at radius 2 is 1.93 bits per heavy atom. The molecule has 1 aliphatic rings. The van der Waals surface area contributed by atoms with E-state index in [9.17, 15) is 4.79 Å². The molecule has 0 aromatic heterocycles. The molecule has 1 amide bonds. The lowest BCUT2D eigenvalue weighted by Gasteiger charge is -2.36. The first-order valence-electron chi connectivity index (χ1n) is 9.92. The monoisotopic (exact) mass is 393 g/mol. The molecule has 1 fully saturated rings. The number of carbonyl (C=O) groups is 1. The van der Waals surface area contributed by atoms with Gasteiger partial charge in [0.25, 0.3) is 0 Å². The van der Waals surface area contributed by atoms with E-state index in [2.05, 4.69) is 39.2 Å². The SMILES string of the molecule is CC(C)(C)[Si](C)(C)OCCCC[C@H](NC(=O)OCc1ccccc1)[C@@H]1CO1. The minimum atomic E-state index is -1.68. The molecule has 1 saturated heterocycles. The minimum absolute atomic E-state index is 0.0149. The molecule has 0 unspecified atom stereocenters. The molecule has 0 spiro atoms. The van der Waals surface area contributed by atoms with Crippen molar-refractivity contribution in [2.24, 2.45) is 0 Å². The van der Waals surface area contributed by atoms with Crippen LogP contribution in [-0.4, -0.2) is 39.8 Å². The smallest absolute Gasteiger partial charge is 0.407 e. The molecule has 152 valence electrons. The Labute approximate surface area is 164 Å². The van der Waals surface area contributed by atoms with E-state index < -0.39 is 8.32 Å². The lowest BCUT2D eigenvalue weighted by molar-refractivity contribution is 0.132. The second-order valence-corrected chi connectivity index (χ2v) is 13.6. The predicted octanol–water partition coefficient (Wildman–Crippen LogP) is 4.87. The van der Waals surface area contributed by atoms with E-state index >= 15 is 0 Å². The van der Waals surface area contributed by atoms with Crippen LogP contribution in [0.3, 0.4) is 0 Å². The molecule has 6 heteroatoms. The third kappa shape index (κ3) is 7.64. The van der Waals surface area contributed by atoms with Gasteiger partial charge in [-0.15, -0.1) is 0 Å². The van der Waals surface area contributed by atoms with Crippen LogP contribution in [-0.2, 0) is 20.5 Å². The van der Waals surface area contributed by atoms with Gasteiger partial charge in [0.15, 0.2) is 8.32 Å². The van der Waals surface area contributed by atoms with Crippen molar-refractivity contribution in [1.29, 1.82) is 0 Å². The number of benzene rings is 1.